The van der Waals surface area contributed by atoms with Gasteiger partial charge in [-0.1, -0.05) is 18.7 Å². The van der Waals surface area contributed by atoms with E-state index in [2.05, 4.69) is 21.9 Å². The predicted octanol–water partition coefficient (Wildman–Crippen LogP) is 3.93. The fraction of sp³-hybridized carbons (Fsp3) is 0.208. The molecule has 1 atom stereocenters. The van der Waals surface area contributed by atoms with Crippen LogP contribution in [0.15, 0.2) is 54.9 Å². The number of carbonyl (C=O) groups excluding carboxylic acids is 1. The lowest BCUT2D eigenvalue weighted by molar-refractivity contribution is -0.117. The van der Waals surface area contributed by atoms with Crippen LogP contribution < -0.4 is 19.5 Å². The highest BCUT2D eigenvalue weighted by atomic mass is 16.5. The van der Waals surface area contributed by atoms with Crippen molar-refractivity contribution in [3.05, 3.63) is 66.0 Å². The number of benzene rings is 1. The van der Waals surface area contributed by atoms with Crippen LogP contribution in [0.3, 0.4) is 0 Å². The first-order valence-electron chi connectivity index (χ1n) is 9.86. The van der Waals surface area contributed by atoms with Crippen molar-refractivity contribution < 1.29 is 19.0 Å². The number of amides is 1. The van der Waals surface area contributed by atoms with Gasteiger partial charge in [-0.05, 0) is 36.8 Å². The summed E-state index contributed by atoms with van der Waals surface area (Å²) >= 11 is 0. The molecular formula is C24H24N4O4. The second-order valence-electron chi connectivity index (χ2n) is 6.89. The molecule has 0 saturated carbocycles. The molecule has 0 aliphatic heterocycles. The van der Waals surface area contributed by atoms with Gasteiger partial charge in [-0.15, -0.1) is 0 Å². The number of hydrogen-bond donors (Lipinski definition) is 2. The van der Waals surface area contributed by atoms with Crippen molar-refractivity contribution in [3.8, 4) is 23.3 Å². The van der Waals surface area contributed by atoms with Gasteiger partial charge in [-0.3, -0.25) is 4.79 Å². The number of aromatic amines is 1. The lowest BCUT2D eigenvalue weighted by Crippen LogP contribution is -2.27. The summed E-state index contributed by atoms with van der Waals surface area (Å²) in [4.78, 5) is 20.1. The Morgan fingerprint density at radius 3 is 2.78 bits per heavy atom. The zero-order valence-electron chi connectivity index (χ0n) is 18.1. The van der Waals surface area contributed by atoms with Crippen molar-refractivity contribution in [3.63, 3.8) is 0 Å². The number of fused-ring (bicyclic) bond motifs is 1. The van der Waals surface area contributed by atoms with Gasteiger partial charge in [-0.25, -0.2) is 4.98 Å². The summed E-state index contributed by atoms with van der Waals surface area (Å²) in [6.45, 7) is 5.80. The van der Waals surface area contributed by atoms with E-state index in [0.717, 1.165) is 10.9 Å². The summed E-state index contributed by atoms with van der Waals surface area (Å²) in [7, 11) is 3.10. The normalized spacial score (nSPS) is 12.0. The largest absolute Gasteiger partial charge is 0.493 e. The molecule has 2 N–H and O–H groups in total. The number of carbonyl (C=O) groups is 1. The van der Waals surface area contributed by atoms with E-state index in [1.54, 1.807) is 50.9 Å². The summed E-state index contributed by atoms with van der Waals surface area (Å²) < 4.78 is 16.1. The first-order valence-corrected chi connectivity index (χ1v) is 9.86. The molecule has 0 fully saturated rings. The zero-order valence-corrected chi connectivity index (χ0v) is 18.1. The number of hydrogen-bond acceptors (Lipinski definition) is 6. The van der Waals surface area contributed by atoms with Crippen LogP contribution in [-0.2, 0) is 4.79 Å². The van der Waals surface area contributed by atoms with Gasteiger partial charge in [0.25, 0.3) is 5.91 Å². The quantitative estimate of drug-likeness (QED) is 0.301. The van der Waals surface area contributed by atoms with Crippen molar-refractivity contribution in [2.75, 3.05) is 20.8 Å². The molecule has 0 aliphatic carbocycles. The smallest absolute Gasteiger partial charge is 0.262 e. The minimum absolute atomic E-state index is 0.0318. The first-order chi connectivity index (χ1) is 15.5. The van der Waals surface area contributed by atoms with E-state index < -0.39 is 5.91 Å². The Morgan fingerprint density at radius 2 is 2.09 bits per heavy atom. The number of ether oxygens (including phenoxy) is 3. The molecule has 2 aromatic heterocycles. The molecule has 1 amide bonds. The lowest BCUT2D eigenvalue weighted by Gasteiger charge is -2.16. The van der Waals surface area contributed by atoms with Crippen LogP contribution in [0, 0.1) is 11.3 Å². The maximum atomic E-state index is 12.8. The molecule has 0 unspecified atom stereocenters. The molecule has 8 heteroatoms. The van der Waals surface area contributed by atoms with E-state index in [1.807, 2.05) is 19.1 Å². The Kier molecular flexibility index (Phi) is 7.13. The summed E-state index contributed by atoms with van der Waals surface area (Å²) in [5.74, 6) is 1.23. The molecule has 3 rings (SSSR count). The van der Waals surface area contributed by atoms with E-state index in [1.165, 1.54) is 6.08 Å². The molecular weight excluding hydrogens is 408 g/mol. The molecule has 0 radical (unpaired) electrons. The summed E-state index contributed by atoms with van der Waals surface area (Å²) in [6, 6.07) is 8.80. The number of pyridine rings is 1. The highest BCUT2D eigenvalue weighted by Crippen LogP contribution is 2.30. The van der Waals surface area contributed by atoms with Crippen molar-refractivity contribution >= 4 is 23.0 Å². The van der Waals surface area contributed by atoms with Crippen molar-refractivity contribution in [2.45, 2.75) is 13.0 Å². The lowest BCUT2D eigenvalue weighted by atomic mass is 10.1. The van der Waals surface area contributed by atoms with Gasteiger partial charge in [0.05, 0.1) is 26.5 Å². The number of H-pyrrole nitrogens is 1. The fourth-order valence-electron chi connectivity index (χ4n) is 3.14. The highest BCUT2D eigenvalue weighted by molar-refractivity contribution is 6.03. The number of nitrogens with one attached hydrogen (secondary N) is 2. The monoisotopic (exact) mass is 432 g/mol. The Balaban J connectivity index is 1.83. The van der Waals surface area contributed by atoms with Crippen LogP contribution in [0.5, 0.6) is 17.2 Å². The molecule has 0 aliphatic rings. The van der Waals surface area contributed by atoms with Gasteiger partial charge in [-0.2, -0.15) is 5.26 Å². The molecule has 3 aromatic rings. The van der Waals surface area contributed by atoms with E-state index in [0.29, 0.717) is 35.1 Å². The molecule has 0 bridgehead atoms. The van der Waals surface area contributed by atoms with Crippen LogP contribution in [0.1, 0.15) is 24.1 Å². The van der Waals surface area contributed by atoms with Gasteiger partial charge in [0.2, 0.25) is 0 Å². The van der Waals surface area contributed by atoms with Gasteiger partial charge < -0.3 is 24.5 Å². The van der Waals surface area contributed by atoms with Crippen LogP contribution in [0.2, 0.25) is 0 Å². The third kappa shape index (κ3) is 4.90. The van der Waals surface area contributed by atoms with Gasteiger partial charge in [0.15, 0.2) is 11.5 Å². The van der Waals surface area contributed by atoms with Crippen LogP contribution in [0.4, 0.5) is 0 Å². The molecule has 0 spiro atoms. The van der Waals surface area contributed by atoms with Gasteiger partial charge >= 0.3 is 0 Å². The summed E-state index contributed by atoms with van der Waals surface area (Å²) in [6.07, 6.45) is 6.45. The minimum Gasteiger partial charge on any atom is -0.493 e. The fourth-order valence-corrected chi connectivity index (χ4v) is 3.14. The predicted molar refractivity (Wildman–Crippen MR) is 121 cm³/mol. The third-order valence-corrected chi connectivity index (χ3v) is 4.83. The minimum atomic E-state index is -0.490. The second-order valence-corrected chi connectivity index (χ2v) is 6.89. The van der Waals surface area contributed by atoms with Crippen LogP contribution in [0.25, 0.3) is 17.1 Å². The third-order valence-electron chi connectivity index (χ3n) is 4.83. The Morgan fingerprint density at radius 1 is 1.31 bits per heavy atom. The van der Waals surface area contributed by atoms with E-state index in [-0.39, 0.29) is 11.6 Å². The molecule has 2 heterocycles. The Labute approximate surface area is 186 Å². The number of nitrogens with zero attached hydrogens (tertiary/aromatic N) is 2. The number of methoxy groups -OCH3 is 2. The molecule has 1 aromatic carbocycles. The van der Waals surface area contributed by atoms with Crippen LogP contribution in [-0.4, -0.2) is 36.7 Å². The Hall–Kier alpha value is -4.25. The molecule has 0 saturated heterocycles. The molecule has 8 nitrogen and oxygen atoms in total. The Bertz CT molecular complexity index is 1210. The average molecular weight is 432 g/mol. The maximum Gasteiger partial charge on any atom is 0.262 e. The number of rotatable bonds is 9. The van der Waals surface area contributed by atoms with E-state index in [9.17, 15) is 10.1 Å². The maximum absolute atomic E-state index is 12.8. The molecule has 32 heavy (non-hydrogen) atoms. The first kappa shape index (κ1) is 22.4. The van der Waals surface area contributed by atoms with E-state index in [4.69, 9.17) is 14.2 Å². The standard InChI is InChI=1S/C24H24N4O4/c1-5-8-32-19-11-20-18(13-26-23(20)27-14-19)9-17(12-25)24(29)28-15(2)16-6-7-21(30-3)22(10-16)31-4/h5-7,9-11,13-15H,1,8H2,2-4H3,(H,26,27)(H,28,29)/b17-9+/t15-/m1/s1. The van der Waals surface area contributed by atoms with Crippen molar-refractivity contribution in [1.29, 1.82) is 5.26 Å². The van der Waals surface area contributed by atoms with Gasteiger partial charge in [0.1, 0.15) is 29.6 Å². The number of nitriles is 1. The molecule has 164 valence electrons. The number of aromatic nitrogens is 2. The average Bonchev–Trinajstić information content (AvgIpc) is 3.22. The summed E-state index contributed by atoms with van der Waals surface area (Å²) in [5, 5.41) is 13.2. The second kappa shape index (κ2) is 10.2. The highest BCUT2D eigenvalue weighted by Gasteiger charge is 2.17. The van der Waals surface area contributed by atoms with Crippen molar-refractivity contribution in [2.24, 2.45) is 0 Å². The summed E-state index contributed by atoms with van der Waals surface area (Å²) in [5.41, 5.74) is 2.06. The topological polar surface area (TPSA) is 109 Å². The van der Waals surface area contributed by atoms with Crippen LogP contribution >= 0.6 is 0 Å². The van der Waals surface area contributed by atoms with Crippen molar-refractivity contribution in [1.82, 2.24) is 15.3 Å². The SMILES string of the molecule is C=CCOc1cnc2[nH]cc(/C=C(\C#N)C(=O)N[C@H](C)c3ccc(OC)c(OC)c3)c2c1. The zero-order chi connectivity index (χ0) is 23.1. The van der Waals surface area contributed by atoms with E-state index >= 15 is 0 Å². The van der Waals surface area contributed by atoms with Gasteiger partial charge in [0, 0.05) is 17.1 Å².